The summed E-state index contributed by atoms with van der Waals surface area (Å²) in [6.45, 7) is 7.05. The van der Waals surface area contributed by atoms with Crippen LogP contribution in [0, 0.1) is 0 Å². The Labute approximate surface area is 123 Å². The van der Waals surface area contributed by atoms with E-state index in [1.165, 1.54) is 0 Å². The zero-order chi connectivity index (χ0) is 15.0. The van der Waals surface area contributed by atoms with Crippen molar-refractivity contribution in [2.45, 2.75) is 31.9 Å². The van der Waals surface area contributed by atoms with E-state index in [4.69, 9.17) is 5.73 Å². The number of hydrogen-bond acceptors (Lipinski definition) is 3. The average molecular weight is 296 g/mol. The second-order valence-corrected chi connectivity index (χ2v) is 7.75. The van der Waals surface area contributed by atoms with Gasteiger partial charge in [0, 0.05) is 46.2 Å². The van der Waals surface area contributed by atoms with E-state index in [0.717, 1.165) is 12.1 Å². The fourth-order valence-electron chi connectivity index (χ4n) is 1.48. The van der Waals surface area contributed by atoms with E-state index in [1.807, 2.05) is 39.0 Å². The molecule has 20 heavy (non-hydrogen) atoms. The molecule has 0 aliphatic rings. The van der Waals surface area contributed by atoms with Crippen molar-refractivity contribution in [1.82, 2.24) is 10.3 Å². The molecule has 0 amide bonds. The Morgan fingerprint density at radius 3 is 2.80 bits per heavy atom. The molecule has 1 unspecified atom stereocenters. The minimum absolute atomic E-state index is 0.198. The van der Waals surface area contributed by atoms with Gasteiger partial charge in [-0.3, -0.25) is 14.2 Å². The van der Waals surface area contributed by atoms with Crippen LogP contribution in [-0.2, 0) is 17.2 Å². The lowest BCUT2D eigenvalue weighted by atomic mass is 10.3. The first-order chi connectivity index (χ1) is 9.39. The lowest BCUT2D eigenvalue weighted by Gasteiger charge is -2.16. The van der Waals surface area contributed by atoms with Gasteiger partial charge >= 0.3 is 0 Å². The Morgan fingerprint density at radius 1 is 1.45 bits per heavy atom. The zero-order valence-corrected chi connectivity index (χ0v) is 13.2. The number of aliphatic imine (C=N–C) groups is 1. The smallest absolute Gasteiger partial charge is 0.188 e. The Kier molecular flexibility index (Phi) is 6.64. The lowest BCUT2D eigenvalue weighted by molar-refractivity contribution is 0.648. The van der Waals surface area contributed by atoms with Crippen molar-refractivity contribution in [2.75, 3.05) is 18.8 Å². The lowest BCUT2D eigenvalue weighted by Crippen LogP contribution is -2.34. The molecule has 0 aliphatic carbocycles. The molecule has 1 aromatic rings. The standard InChI is InChI=1S/C14H24N4OS/c1-14(2,3)20(19)11-10-18-13(15)17-9-7-12-6-4-5-8-16-12/h4-6,8H,7,9-11H2,1-3H3,(H3,15,17,18). The van der Waals surface area contributed by atoms with Crippen molar-refractivity contribution in [3.8, 4) is 0 Å². The molecule has 0 spiro atoms. The van der Waals surface area contributed by atoms with Crippen LogP contribution in [0.5, 0.6) is 0 Å². The highest BCUT2D eigenvalue weighted by atomic mass is 32.2. The van der Waals surface area contributed by atoms with E-state index in [9.17, 15) is 4.21 Å². The topological polar surface area (TPSA) is 80.4 Å². The summed E-state index contributed by atoms with van der Waals surface area (Å²) in [7, 11) is -0.890. The first kappa shape index (κ1) is 16.6. The number of aromatic nitrogens is 1. The van der Waals surface area contributed by atoms with Crippen molar-refractivity contribution in [1.29, 1.82) is 0 Å². The molecule has 0 aromatic carbocycles. The molecule has 1 heterocycles. The number of rotatable bonds is 6. The van der Waals surface area contributed by atoms with Crippen LogP contribution in [0.25, 0.3) is 0 Å². The molecule has 1 rings (SSSR count). The molecular weight excluding hydrogens is 272 g/mol. The van der Waals surface area contributed by atoms with Crippen LogP contribution in [0.2, 0.25) is 0 Å². The largest absolute Gasteiger partial charge is 0.370 e. The zero-order valence-electron chi connectivity index (χ0n) is 12.4. The molecular formula is C14H24N4OS. The summed E-state index contributed by atoms with van der Waals surface area (Å²) in [6.07, 6.45) is 2.57. The van der Waals surface area contributed by atoms with Crippen molar-refractivity contribution in [3.63, 3.8) is 0 Å². The van der Waals surface area contributed by atoms with Gasteiger partial charge in [0.05, 0.1) is 6.54 Å². The predicted molar refractivity (Wildman–Crippen MR) is 85.2 cm³/mol. The Morgan fingerprint density at radius 2 is 2.20 bits per heavy atom. The average Bonchev–Trinajstić information content (AvgIpc) is 2.38. The molecule has 6 heteroatoms. The summed E-state index contributed by atoms with van der Waals surface area (Å²) >= 11 is 0. The predicted octanol–water partition coefficient (Wildman–Crippen LogP) is 1.08. The van der Waals surface area contributed by atoms with Crippen LogP contribution in [0.15, 0.2) is 29.4 Å². The highest BCUT2D eigenvalue weighted by Gasteiger charge is 2.18. The summed E-state index contributed by atoms with van der Waals surface area (Å²) in [4.78, 5) is 8.41. The second kappa shape index (κ2) is 7.99. The van der Waals surface area contributed by atoms with Crippen molar-refractivity contribution >= 4 is 16.8 Å². The van der Waals surface area contributed by atoms with Gasteiger partial charge in [0.1, 0.15) is 0 Å². The number of nitrogens with zero attached hydrogens (tertiary/aromatic N) is 2. The van der Waals surface area contributed by atoms with Gasteiger partial charge < -0.3 is 11.1 Å². The normalized spacial score (nSPS) is 14.1. The van der Waals surface area contributed by atoms with E-state index in [-0.39, 0.29) is 4.75 Å². The molecule has 1 atom stereocenters. The van der Waals surface area contributed by atoms with Gasteiger partial charge in [0.25, 0.3) is 0 Å². The van der Waals surface area contributed by atoms with E-state index in [0.29, 0.717) is 24.8 Å². The number of nitrogens with one attached hydrogen (secondary N) is 1. The molecule has 0 fully saturated rings. The van der Waals surface area contributed by atoms with Crippen LogP contribution in [0.3, 0.4) is 0 Å². The number of hydrogen-bond donors (Lipinski definition) is 2. The van der Waals surface area contributed by atoms with Crippen molar-refractivity contribution in [2.24, 2.45) is 10.7 Å². The third-order valence-corrected chi connectivity index (χ3v) is 4.57. The fourth-order valence-corrected chi connectivity index (χ4v) is 2.35. The van der Waals surface area contributed by atoms with Gasteiger partial charge in [0.2, 0.25) is 0 Å². The summed E-state index contributed by atoms with van der Waals surface area (Å²) in [6, 6.07) is 5.82. The summed E-state index contributed by atoms with van der Waals surface area (Å²) in [5.41, 5.74) is 6.77. The Bertz CT molecular complexity index is 454. The van der Waals surface area contributed by atoms with Crippen molar-refractivity contribution in [3.05, 3.63) is 30.1 Å². The second-order valence-electron chi connectivity index (χ2n) is 5.43. The fraction of sp³-hybridized carbons (Fsp3) is 0.571. The molecule has 0 saturated carbocycles. The van der Waals surface area contributed by atoms with Gasteiger partial charge in [0.15, 0.2) is 5.96 Å². The molecule has 112 valence electrons. The van der Waals surface area contributed by atoms with E-state index in [1.54, 1.807) is 6.20 Å². The molecule has 5 nitrogen and oxygen atoms in total. The molecule has 0 saturated heterocycles. The summed E-state index contributed by atoms with van der Waals surface area (Å²) in [5.74, 6) is 0.929. The third kappa shape index (κ3) is 6.65. The van der Waals surface area contributed by atoms with Gasteiger partial charge in [-0.15, -0.1) is 0 Å². The summed E-state index contributed by atoms with van der Waals surface area (Å²) in [5, 5.41) is 3.03. The van der Waals surface area contributed by atoms with E-state index < -0.39 is 10.8 Å². The van der Waals surface area contributed by atoms with E-state index >= 15 is 0 Å². The first-order valence-electron chi connectivity index (χ1n) is 6.72. The van der Waals surface area contributed by atoms with Crippen LogP contribution < -0.4 is 11.1 Å². The van der Waals surface area contributed by atoms with Gasteiger partial charge in [-0.2, -0.15) is 0 Å². The number of pyridine rings is 1. The van der Waals surface area contributed by atoms with Crippen LogP contribution in [-0.4, -0.2) is 38.7 Å². The molecule has 0 aliphatic heterocycles. The minimum Gasteiger partial charge on any atom is -0.370 e. The van der Waals surface area contributed by atoms with Gasteiger partial charge in [-0.05, 0) is 32.9 Å². The molecule has 3 N–H and O–H groups in total. The minimum atomic E-state index is -0.890. The molecule has 1 aromatic heterocycles. The molecule has 0 radical (unpaired) electrons. The van der Waals surface area contributed by atoms with Crippen LogP contribution in [0.4, 0.5) is 0 Å². The third-order valence-electron chi connectivity index (χ3n) is 2.66. The quantitative estimate of drug-likeness (QED) is 0.608. The highest BCUT2D eigenvalue weighted by molar-refractivity contribution is 7.86. The summed E-state index contributed by atoms with van der Waals surface area (Å²) < 4.78 is 11.6. The Balaban J connectivity index is 2.24. The molecule has 0 bridgehead atoms. The maximum absolute atomic E-state index is 11.8. The van der Waals surface area contributed by atoms with Crippen LogP contribution in [0.1, 0.15) is 26.5 Å². The SMILES string of the molecule is CC(C)(C)S(=O)CCN=C(N)NCCc1ccccn1. The van der Waals surface area contributed by atoms with Crippen molar-refractivity contribution < 1.29 is 4.21 Å². The Hall–Kier alpha value is -1.43. The maximum Gasteiger partial charge on any atom is 0.188 e. The van der Waals surface area contributed by atoms with E-state index in [2.05, 4.69) is 15.3 Å². The monoisotopic (exact) mass is 296 g/mol. The number of guanidine groups is 1. The maximum atomic E-state index is 11.8. The number of nitrogens with two attached hydrogens (primary N) is 1. The highest BCUT2D eigenvalue weighted by Crippen LogP contribution is 2.10. The van der Waals surface area contributed by atoms with Crippen LogP contribution >= 0.6 is 0 Å². The van der Waals surface area contributed by atoms with Gasteiger partial charge in [-0.25, -0.2) is 0 Å². The first-order valence-corrected chi connectivity index (χ1v) is 8.03. The van der Waals surface area contributed by atoms with Gasteiger partial charge in [-0.1, -0.05) is 6.07 Å².